The molecule has 0 aromatic heterocycles. The van der Waals surface area contributed by atoms with Crippen LogP contribution in [0.1, 0.15) is 38.5 Å². The van der Waals surface area contributed by atoms with Crippen LogP contribution in [0, 0.1) is 11.3 Å². The lowest BCUT2D eigenvalue weighted by atomic mass is 10.1. The van der Waals surface area contributed by atoms with Crippen LogP contribution in [0.2, 0.25) is 0 Å². The maximum Gasteiger partial charge on any atom is 0.0621 e. The molecule has 0 aromatic carbocycles. The van der Waals surface area contributed by atoms with Gasteiger partial charge < -0.3 is 0 Å². The van der Waals surface area contributed by atoms with E-state index in [1.165, 1.54) is 19.3 Å². The highest BCUT2D eigenvalue weighted by molar-refractivity contribution is 9.11. The summed E-state index contributed by atoms with van der Waals surface area (Å²) >= 11 is 3.31. The molecule has 0 saturated carbocycles. The van der Waals surface area contributed by atoms with Gasteiger partial charge in [-0.05, 0) is 23.7 Å². The summed E-state index contributed by atoms with van der Waals surface area (Å²) < 4.78 is 1.08. The molecule has 2 heteroatoms. The Morgan fingerprint density at radius 1 is 1.27 bits per heavy atom. The van der Waals surface area contributed by atoms with Gasteiger partial charge in [0, 0.05) is 6.42 Å². The van der Waals surface area contributed by atoms with Gasteiger partial charge in [0.2, 0.25) is 0 Å². The molecule has 62 valence electrons. The Morgan fingerprint density at radius 3 is 2.45 bits per heavy atom. The van der Waals surface area contributed by atoms with Crippen LogP contribution in [0.5, 0.6) is 0 Å². The van der Waals surface area contributed by atoms with Gasteiger partial charge in [0.25, 0.3) is 0 Å². The predicted molar refractivity (Wildman–Crippen MR) is 51.4 cm³/mol. The van der Waals surface area contributed by atoms with Crippen molar-refractivity contribution < 1.29 is 0 Å². The highest BCUT2D eigenvalue weighted by Crippen LogP contribution is 2.13. The number of nitrogens with zero attached hydrogens (tertiary/aromatic N) is 1. The van der Waals surface area contributed by atoms with Gasteiger partial charge >= 0.3 is 0 Å². The highest BCUT2D eigenvalue weighted by Gasteiger charge is 1.90. The first-order chi connectivity index (χ1) is 5.27. The number of rotatable bonds is 6. The van der Waals surface area contributed by atoms with E-state index in [2.05, 4.69) is 28.6 Å². The molecule has 0 saturated heterocycles. The predicted octanol–water partition coefficient (Wildman–Crippen LogP) is 3.76. The fraction of sp³-hybridized carbons (Fsp3) is 0.667. The molecule has 0 heterocycles. The van der Waals surface area contributed by atoms with E-state index in [0.29, 0.717) is 6.42 Å². The van der Waals surface area contributed by atoms with Gasteiger partial charge in [-0.15, -0.1) is 0 Å². The molecule has 0 unspecified atom stereocenters. The van der Waals surface area contributed by atoms with Crippen molar-refractivity contribution in [1.29, 1.82) is 5.26 Å². The summed E-state index contributed by atoms with van der Waals surface area (Å²) in [5, 5.41) is 8.24. The molecule has 0 aromatic rings. The van der Waals surface area contributed by atoms with Crippen LogP contribution in [0.3, 0.4) is 0 Å². The third kappa shape index (κ3) is 9.71. The van der Waals surface area contributed by atoms with Crippen molar-refractivity contribution in [3.05, 3.63) is 11.1 Å². The molecule has 0 radical (unpaired) electrons. The first kappa shape index (κ1) is 10.7. The van der Waals surface area contributed by atoms with Crippen LogP contribution in [-0.4, -0.2) is 0 Å². The van der Waals surface area contributed by atoms with E-state index < -0.39 is 0 Å². The first-order valence-electron chi connectivity index (χ1n) is 3.97. The molecule has 0 aliphatic carbocycles. The number of hydrogen-bond donors (Lipinski definition) is 0. The third-order valence-electron chi connectivity index (χ3n) is 1.49. The van der Waals surface area contributed by atoms with E-state index in [9.17, 15) is 0 Å². The molecule has 0 spiro atoms. The summed E-state index contributed by atoms with van der Waals surface area (Å²) in [7, 11) is 0. The zero-order chi connectivity index (χ0) is 8.53. The number of allylic oxidation sites excluding steroid dienone is 1. The average molecular weight is 216 g/mol. The topological polar surface area (TPSA) is 23.8 Å². The van der Waals surface area contributed by atoms with E-state index in [1.807, 2.05) is 0 Å². The third-order valence-corrected chi connectivity index (χ3v) is 1.88. The van der Waals surface area contributed by atoms with Crippen LogP contribution in [-0.2, 0) is 0 Å². The zero-order valence-corrected chi connectivity index (χ0v) is 8.36. The van der Waals surface area contributed by atoms with E-state index >= 15 is 0 Å². The Morgan fingerprint density at radius 2 is 1.91 bits per heavy atom. The van der Waals surface area contributed by atoms with Gasteiger partial charge in [0.1, 0.15) is 0 Å². The van der Waals surface area contributed by atoms with Crippen LogP contribution in [0.4, 0.5) is 0 Å². The molecular formula is C9H14BrN. The van der Waals surface area contributed by atoms with Crippen molar-refractivity contribution >= 4 is 15.9 Å². The van der Waals surface area contributed by atoms with Crippen LogP contribution >= 0.6 is 15.9 Å². The quantitative estimate of drug-likeness (QED) is 0.620. The first-order valence-corrected chi connectivity index (χ1v) is 4.77. The number of halogens is 1. The Labute approximate surface area is 77.2 Å². The Hall–Kier alpha value is -0.290. The fourth-order valence-corrected chi connectivity index (χ4v) is 1.15. The lowest BCUT2D eigenvalue weighted by molar-refractivity contribution is 0.654. The number of nitriles is 1. The molecule has 1 nitrogen and oxygen atoms in total. The van der Waals surface area contributed by atoms with Crippen LogP contribution in [0.25, 0.3) is 0 Å². The summed E-state index contributed by atoms with van der Waals surface area (Å²) in [5.74, 6) is 0. The molecule has 0 bridgehead atoms. The van der Waals surface area contributed by atoms with Crippen molar-refractivity contribution in [3.63, 3.8) is 0 Å². The van der Waals surface area contributed by atoms with Gasteiger partial charge in [-0.3, -0.25) is 0 Å². The Bertz CT molecular complexity index is 146. The van der Waals surface area contributed by atoms with Gasteiger partial charge in [-0.2, -0.15) is 5.26 Å². The molecule has 0 aliphatic heterocycles. The maximum atomic E-state index is 8.24. The van der Waals surface area contributed by atoms with E-state index in [0.717, 1.165) is 17.3 Å². The molecule has 0 fully saturated rings. The van der Waals surface area contributed by atoms with E-state index in [1.54, 1.807) is 0 Å². The molecular weight excluding hydrogens is 202 g/mol. The highest BCUT2D eigenvalue weighted by atomic mass is 79.9. The lowest BCUT2D eigenvalue weighted by Gasteiger charge is -1.96. The van der Waals surface area contributed by atoms with Crippen molar-refractivity contribution in [3.8, 4) is 6.07 Å². The molecule has 0 amide bonds. The minimum absolute atomic E-state index is 0.704. The second kappa shape index (κ2) is 7.81. The second-order valence-corrected chi connectivity index (χ2v) is 3.71. The van der Waals surface area contributed by atoms with Gasteiger partial charge in [0.05, 0.1) is 6.07 Å². The largest absolute Gasteiger partial charge is 0.198 e. The maximum absolute atomic E-state index is 8.24. The SMILES string of the molecule is C=C(Br)CCCCCCC#N. The monoisotopic (exact) mass is 215 g/mol. The summed E-state index contributed by atoms with van der Waals surface area (Å²) in [6.07, 6.45) is 6.39. The Kier molecular flexibility index (Phi) is 7.61. The molecule has 0 N–H and O–H groups in total. The van der Waals surface area contributed by atoms with E-state index in [4.69, 9.17) is 5.26 Å². The van der Waals surface area contributed by atoms with Gasteiger partial charge in [0.15, 0.2) is 0 Å². The number of unbranched alkanes of at least 4 members (excludes halogenated alkanes) is 4. The molecule has 0 aliphatic rings. The molecule has 0 rings (SSSR count). The van der Waals surface area contributed by atoms with Crippen molar-refractivity contribution in [2.75, 3.05) is 0 Å². The normalized spacial score (nSPS) is 9.09. The molecule has 11 heavy (non-hydrogen) atoms. The summed E-state index contributed by atoms with van der Waals surface area (Å²) in [6, 6.07) is 2.14. The average Bonchev–Trinajstić information content (AvgIpc) is 1.96. The minimum atomic E-state index is 0.704. The smallest absolute Gasteiger partial charge is 0.0621 e. The second-order valence-electron chi connectivity index (χ2n) is 2.59. The van der Waals surface area contributed by atoms with Gasteiger partial charge in [-0.1, -0.05) is 35.4 Å². The summed E-state index contributed by atoms with van der Waals surface area (Å²) in [5.41, 5.74) is 0. The summed E-state index contributed by atoms with van der Waals surface area (Å²) in [6.45, 7) is 3.75. The van der Waals surface area contributed by atoms with Crippen molar-refractivity contribution in [2.45, 2.75) is 38.5 Å². The van der Waals surface area contributed by atoms with Crippen molar-refractivity contribution in [2.24, 2.45) is 0 Å². The van der Waals surface area contributed by atoms with E-state index in [-0.39, 0.29) is 0 Å². The molecule has 0 atom stereocenters. The fourth-order valence-electron chi connectivity index (χ4n) is 0.874. The number of hydrogen-bond acceptors (Lipinski definition) is 1. The Balaban J connectivity index is 2.92. The standard InChI is InChI=1S/C9H14BrN/c1-9(10)7-5-3-2-4-6-8-11/h1-7H2. The summed E-state index contributed by atoms with van der Waals surface area (Å²) in [4.78, 5) is 0. The zero-order valence-electron chi connectivity index (χ0n) is 6.77. The van der Waals surface area contributed by atoms with Crippen LogP contribution in [0.15, 0.2) is 11.1 Å². The minimum Gasteiger partial charge on any atom is -0.198 e. The van der Waals surface area contributed by atoms with Crippen molar-refractivity contribution in [1.82, 2.24) is 0 Å². The van der Waals surface area contributed by atoms with Gasteiger partial charge in [-0.25, -0.2) is 0 Å². The lowest BCUT2D eigenvalue weighted by Crippen LogP contribution is -1.77. The van der Waals surface area contributed by atoms with Crippen LogP contribution < -0.4 is 0 Å².